The van der Waals surface area contributed by atoms with E-state index in [1.165, 1.54) is 38.5 Å². The Morgan fingerprint density at radius 1 is 0.909 bits per heavy atom. The van der Waals surface area contributed by atoms with Crippen molar-refractivity contribution in [3.05, 3.63) is 0 Å². The second-order valence-corrected chi connectivity index (χ2v) is 9.59. The molecule has 0 aromatic rings. The molecule has 0 saturated heterocycles. The first kappa shape index (κ1) is 13.9. The zero-order valence-electron chi connectivity index (χ0n) is 14.0. The summed E-state index contributed by atoms with van der Waals surface area (Å²) in [7, 11) is 0. The number of hydrogen-bond acceptors (Lipinski definition) is 2. The molecular formula is C20H30O2. The van der Waals surface area contributed by atoms with Gasteiger partial charge < -0.3 is 4.74 Å². The Balaban J connectivity index is 1.38. The lowest BCUT2D eigenvalue weighted by atomic mass is 9.49. The molecule has 1 unspecified atom stereocenters. The largest absolute Gasteiger partial charge is 0.458 e. The molecule has 0 N–H and O–H groups in total. The molecule has 6 fully saturated rings. The summed E-state index contributed by atoms with van der Waals surface area (Å²) in [4.78, 5) is 13.3. The van der Waals surface area contributed by atoms with Gasteiger partial charge in [0.1, 0.15) is 5.60 Å². The second kappa shape index (κ2) is 4.51. The minimum Gasteiger partial charge on any atom is -0.458 e. The number of fused-ring (bicyclic) bond motifs is 2. The Morgan fingerprint density at radius 2 is 1.55 bits per heavy atom. The smallest absolute Gasteiger partial charge is 0.312 e. The molecule has 0 amide bonds. The maximum absolute atomic E-state index is 13.3. The van der Waals surface area contributed by atoms with E-state index < -0.39 is 0 Å². The minimum absolute atomic E-state index is 0.0707. The average molecular weight is 302 g/mol. The third kappa shape index (κ3) is 1.82. The van der Waals surface area contributed by atoms with Gasteiger partial charge in [0.05, 0.1) is 5.41 Å². The zero-order chi connectivity index (χ0) is 14.9. The Kier molecular flexibility index (Phi) is 2.84. The molecule has 6 aliphatic carbocycles. The molecule has 2 heteroatoms. The Hall–Kier alpha value is -0.530. The van der Waals surface area contributed by atoms with Crippen LogP contribution >= 0.6 is 0 Å². The lowest BCUT2D eigenvalue weighted by Gasteiger charge is -2.56. The van der Waals surface area contributed by atoms with Crippen LogP contribution in [0, 0.1) is 35.0 Å². The lowest BCUT2D eigenvalue weighted by Crippen LogP contribution is -2.53. The van der Waals surface area contributed by atoms with Crippen LogP contribution in [0.15, 0.2) is 0 Å². The number of esters is 1. The van der Waals surface area contributed by atoms with Crippen molar-refractivity contribution in [3.8, 4) is 0 Å². The minimum atomic E-state index is -0.0800. The van der Waals surface area contributed by atoms with Gasteiger partial charge in [-0.3, -0.25) is 4.79 Å². The van der Waals surface area contributed by atoms with Gasteiger partial charge >= 0.3 is 5.97 Å². The van der Waals surface area contributed by atoms with E-state index in [-0.39, 0.29) is 17.0 Å². The summed E-state index contributed by atoms with van der Waals surface area (Å²) in [5.41, 5.74) is -0.151. The van der Waals surface area contributed by atoms with E-state index in [0.29, 0.717) is 5.92 Å². The fraction of sp³-hybridized carbons (Fsp3) is 0.950. The fourth-order valence-electron chi connectivity index (χ4n) is 7.68. The van der Waals surface area contributed by atoms with Crippen molar-refractivity contribution in [1.82, 2.24) is 0 Å². The van der Waals surface area contributed by atoms with E-state index in [1.807, 2.05) is 0 Å². The van der Waals surface area contributed by atoms with Crippen LogP contribution in [-0.4, -0.2) is 11.6 Å². The third-order valence-corrected chi connectivity index (χ3v) is 8.29. The summed E-state index contributed by atoms with van der Waals surface area (Å²) in [6.45, 7) is 2.24. The standard InChI is InChI=1S/C20H30O2/c1-2-20(12-13-3-4-17(20)8-13)22-18(21)19-9-14-5-15(10-19)7-16(6-14)11-19/h13-17H,2-12H2,1H3/t13?,14?,15?,16?,17-,19?,20-/m1/s1. The SMILES string of the molecule is CC[C@@]1(OC(=O)C23CC4CC(CC(C4)C2)C3)CC2CC[C@@H]1C2. The molecule has 0 spiro atoms. The fourth-order valence-corrected chi connectivity index (χ4v) is 7.68. The molecule has 3 atom stereocenters. The van der Waals surface area contributed by atoms with Crippen LogP contribution in [0.5, 0.6) is 0 Å². The molecule has 6 aliphatic rings. The van der Waals surface area contributed by atoms with Crippen LogP contribution in [0.1, 0.15) is 77.6 Å². The number of carbonyl (C=O) groups excluding carboxylic acids is 1. The molecule has 6 rings (SSSR count). The highest BCUT2D eigenvalue weighted by Crippen LogP contribution is 2.62. The summed E-state index contributed by atoms with van der Waals surface area (Å²) < 4.78 is 6.43. The number of hydrogen-bond donors (Lipinski definition) is 0. The monoisotopic (exact) mass is 302 g/mol. The van der Waals surface area contributed by atoms with E-state index >= 15 is 0 Å². The first-order chi connectivity index (χ1) is 10.6. The summed E-state index contributed by atoms with van der Waals surface area (Å²) in [6, 6.07) is 0. The van der Waals surface area contributed by atoms with Crippen molar-refractivity contribution in [2.45, 2.75) is 83.2 Å². The van der Waals surface area contributed by atoms with Crippen molar-refractivity contribution in [1.29, 1.82) is 0 Å². The molecule has 0 radical (unpaired) electrons. The molecule has 0 heterocycles. The highest BCUT2D eigenvalue weighted by molar-refractivity contribution is 5.78. The first-order valence-corrected chi connectivity index (χ1v) is 9.84. The van der Waals surface area contributed by atoms with Crippen molar-refractivity contribution < 1.29 is 9.53 Å². The van der Waals surface area contributed by atoms with Gasteiger partial charge in [-0.15, -0.1) is 0 Å². The molecule has 0 aliphatic heterocycles. The van der Waals surface area contributed by atoms with Crippen LogP contribution in [0.25, 0.3) is 0 Å². The van der Waals surface area contributed by atoms with Crippen molar-refractivity contribution in [3.63, 3.8) is 0 Å². The van der Waals surface area contributed by atoms with E-state index in [0.717, 1.165) is 55.8 Å². The van der Waals surface area contributed by atoms with Crippen LogP contribution < -0.4 is 0 Å². The van der Waals surface area contributed by atoms with Crippen molar-refractivity contribution >= 4 is 5.97 Å². The van der Waals surface area contributed by atoms with E-state index in [9.17, 15) is 4.79 Å². The second-order valence-electron chi connectivity index (χ2n) is 9.59. The van der Waals surface area contributed by atoms with Crippen molar-refractivity contribution in [2.24, 2.45) is 35.0 Å². The normalized spacial score (nSPS) is 54.9. The topological polar surface area (TPSA) is 26.3 Å². The molecule has 0 aromatic heterocycles. The zero-order valence-corrected chi connectivity index (χ0v) is 14.0. The Bertz CT molecular complexity index is 461. The highest BCUT2D eigenvalue weighted by atomic mass is 16.6. The van der Waals surface area contributed by atoms with Gasteiger partial charge in [0.25, 0.3) is 0 Å². The maximum atomic E-state index is 13.3. The van der Waals surface area contributed by atoms with E-state index in [2.05, 4.69) is 6.92 Å². The van der Waals surface area contributed by atoms with Crippen LogP contribution in [0.3, 0.4) is 0 Å². The van der Waals surface area contributed by atoms with Gasteiger partial charge in [-0.1, -0.05) is 6.92 Å². The molecule has 6 bridgehead atoms. The van der Waals surface area contributed by atoms with Gasteiger partial charge in [-0.05, 0) is 100 Å². The van der Waals surface area contributed by atoms with Crippen LogP contribution in [-0.2, 0) is 9.53 Å². The molecule has 22 heavy (non-hydrogen) atoms. The predicted molar refractivity (Wildman–Crippen MR) is 85.2 cm³/mol. The summed E-state index contributed by atoms with van der Waals surface area (Å²) in [5.74, 6) is 4.22. The van der Waals surface area contributed by atoms with Crippen LogP contribution in [0.2, 0.25) is 0 Å². The third-order valence-electron chi connectivity index (χ3n) is 8.29. The highest BCUT2D eigenvalue weighted by Gasteiger charge is 2.59. The number of ether oxygens (including phenoxy) is 1. The predicted octanol–water partition coefficient (Wildman–Crippen LogP) is 4.71. The van der Waals surface area contributed by atoms with Crippen molar-refractivity contribution in [2.75, 3.05) is 0 Å². The summed E-state index contributed by atoms with van der Waals surface area (Å²) in [6.07, 6.45) is 13.8. The molecule has 6 saturated carbocycles. The Labute approximate surface area is 134 Å². The summed E-state index contributed by atoms with van der Waals surface area (Å²) >= 11 is 0. The van der Waals surface area contributed by atoms with Gasteiger partial charge in [-0.2, -0.15) is 0 Å². The summed E-state index contributed by atoms with van der Waals surface area (Å²) in [5, 5.41) is 0. The molecule has 2 nitrogen and oxygen atoms in total. The van der Waals surface area contributed by atoms with Crippen LogP contribution in [0.4, 0.5) is 0 Å². The van der Waals surface area contributed by atoms with Gasteiger partial charge in [-0.25, -0.2) is 0 Å². The van der Waals surface area contributed by atoms with E-state index in [1.54, 1.807) is 0 Å². The number of carbonyl (C=O) groups is 1. The molecule has 122 valence electrons. The average Bonchev–Trinajstić information content (AvgIpc) is 3.07. The van der Waals surface area contributed by atoms with Gasteiger partial charge in [0, 0.05) is 0 Å². The van der Waals surface area contributed by atoms with Gasteiger partial charge in [0.15, 0.2) is 0 Å². The maximum Gasteiger partial charge on any atom is 0.312 e. The molecule has 0 aromatic carbocycles. The number of rotatable bonds is 3. The quantitative estimate of drug-likeness (QED) is 0.705. The lowest BCUT2D eigenvalue weighted by molar-refractivity contribution is -0.193. The molecular weight excluding hydrogens is 272 g/mol. The van der Waals surface area contributed by atoms with Gasteiger partial charge in [0.2, 0.25) is 0 Å². The van der Waals surface area contributed by atoms with E-state index in [4.69, 9.17) is 4.74 Å². The Morgan fingerprint density at radius 3 is 2.00 bits per heavy atom. The first-order valence-electron chi connectivity index (χ1n) is 9.84.